The van der Waals surface area contributed by atoms with Gasteiger partial charge in [-0.15, -0.1) is 0 Å². The van der Waals surface area contributed by atoms with Crippen molar-refractivity contribution in [3.05, 3.63) is 11.4 Å². The molecule has 3 saturated heterocycles. The highest BCUT2D eigenvalue weighted by Crippen LogP contribution is 2.67. The molecule has 9 nitrogen and oxygen atoms in total. The summed E-state index contributed by atoms with van der Waals surface area (Å²) < 4.78 is 74.7. The van der Waals surface area contributed by atoms with E-state index in [9.17, 15) is 4.57 Å². The van der Waals surface area contributed by atoms with Gasteiger partial charge >= 0.3 is 6.80 Å². The van der Waals surface area contributed by atoms with E-state index in [1.54, 1.807) is 0 Å². The Kier molecular flexibility index (Phi) is 9.27. The van der Waals surface area contributed by atoms with Crippen LogP contribution in [0.25, 0.3) is 4.85 Å². The summed E-state index contributed by atoms with van der Waals surface area (Å²) in [5.41, 5.74) is 0. The summed E-state index contributed by atoms with van der Waals surface area (Å²) in [7, 11) is -1.51. The molecule has 33 heavy (non-hydrogen) atoms. The molecule has 3 aliphatic heterocycles. The van der Waals surface area contributed by atoms with Crippen molar-refractivity contribution in [3.8, 4) is 0 Å². The van der Waals surface area contributed by atoms with Crippen LogP contribution in [-0.4, -0.2) is 79.3 Å². The van der Waals surface area contributed by atoms with Crippen LogP contribution in [0.15, 0.2) is 0 Å². The minimum atomic E-state index is -3.60. The minimum Gasteiger partial charge on any atom is -0.376 e. The van der Waals surface area contributed by atoms with E-state index in [4.69, 9.17) is 38.3 Å². The summed E-state index contributed by atoms with van der Waals surface area (Å²) in [6.45, 7) is 10.7. The summed E-state index contributed by atoms with van der Waals surface area (Å²) in [6, 6.07) is 0.282. The largest absolute Gasteiger partial charge is 0.389 e. The van der Waals surface area contributed by atoms with E-state index < -0.39 is 52.9 Å². The van der Waals surface area contributed by atoms with E-state index in [0.29, 0.717) is 12.8 Å². The molecule has 3 heterocycles. The smallest absolute Gasteiger partial charge is 0.376 e. The number of hydrogen-bond donors (Lipinski definition) is 0. The highest BCUT2D eigenvalue weighted by Gasteiger charge is 2.47. The average Bonchev–Trinajstić information content (AvgIpc) is 3.33. The zero-order valence-electron chi connectivity index (χ0n) is 22.7. The van der Waals surface area contributed by atoms with Gasteiger partial charge in [0.1, 0.15) is 6.61 Å². The van der Waals surface area contributed by atoms with E-state index >= 15 is 0 Å². The Morgan fingerprint density at radius 3 is 2.70 bits per heavy atom. The molecule has 0 radical (unpaired) electrons. The fraction of sp³-hybridized carbons (Fsp3) is 0.952. The first-order valence-corrected chi connectivity index (χ1v) is 15.5. The van der Waals surface area contributed by atoms with Crippen molar-refractivity contribution >= 4 is 26.7 Å². The van der Waals surface area contributed by atoms with Crippen molar-refractivity contribution in [2.75, 3.05) is 32.9 Å². The van der Waals surface area contributed by atoms with Gasteiger partial charge in [-0.2, -0.15) is 0 Å². The average molecular weight is 530 g/mol. The summed E-state index contributed by atoms with van der Waals surface area (Å²) in [5.74, 6) is 0. The van der Waals surface area contributed by atoms with Crippen LogP contribution in [0, 0.1) is 6.57 Å². The van der Waals surface area contributed by atoms with Gasteiger partial charge in [0, 0.05) is 44.7 Å². The Morgan fingerprint density at radius 2 is 2.00 bits per heavy atom. The summed E-state index contributed by atoms with van der Waals surface area (Å²) in [4.78, 5) is 3.38. The zero-order valence-corrected chi connectivity index (χ0v) is 22.3. The van der Waals surface area contributed by atoms with Crippen LogP contribution in [0.5, 0.6) is 0 Å². The highest BCUT2D eigenvalue weighted by molar-refractivity contribution is 8.55. The van der Waals surface area contributed by atoms with Gasteiger partial charge in [0.15, 0.2) is 0 Å². The SMILES string of the molecule is [2H]C[C@H]1O[C@H]([3H])C[C@@H]1O[P@@]1(=O)OCC[C@H]([C@H]2O[C@H]([3H])C[C@@H]2OP(OCC[N+]#[C-])N(C(C)C)C(C)C)S1. The molecule has 0 aromatic heterocycles. The second kappa shape index (κ2) is 13.0. The Hall–Kier alpha value is 0.220. The Morgan fingerprint density at radius 1 is 1.27 bits per heavy atom. The Balaban J connectivity index is 1.72. The predicted octanol–water partition coefficient (Wildman–Crippen LogP) is 5.27. The normalized spacial score (nSPS) is 41.8. The fourth-order valence-electron chi connectivity index (χ4n) is 3.92. The first-order valence-electron chi connectivity index (χ1n) is 13.2. The lowest BCUT2D eigenvalue weighted by Gasteiger charge is -2.39. The molecule has 0 aromatic rings. The van der Waals surface area contributed by atoms with Crippen molar-refractivity contribution in [3.63, 3.8) is 0 Å². The molecular formula is C21H38N2O7P2S. The monoisotopic (exact) mass is 529 g/mol. The van der Waals surface area contributed by atoms with Gasteiger partial charge in [-0.3, -0.25) is 4.52 Å². The van der Waals surface area contributed by atoms with Crippen LogP contribution in [0.1, 0.15) is 58.0 Å². The molecule has 3 fully saturated rings. The third-order valence-electron chi connectivity index (χ3n) is 5.39. The quantitative estimate of drug-likeness (QED) is 0.202. The van der Waals surface area contributed by atoms with Crippen molar-refractivity contribution in [1.82, 2.24) is 4.67 Å². The third kappa shape index (κ3) is 7.60. The maximum atomic E-state index is 13.5. The Bertz CT molecular complexity index is 791. The Labute approximate surface area is 207 Å². The second-order valence-corrected chi connectivity index (χ2v) is 14.2. The maximum Gasteiger partial charge on any atom is 0.389 e. The molecule has 12 heteroatoms. The number of nitrogens with zero attached hydrogens (tertiary/aromatic N) is 2. The standard InChI is InChI=1S/C21H38N2O7P2S/c1-15(2)23(16(3)4)31(27-14-10-22-6)29-19-8-12-26-21(19)20-9-13-28-32(24,33-20)30-18-7-11-25-17(18)5/h15-21H,7-14H2,1-5H3/t17-,18+,19+,20-,21+,31?,32-/m1/s1/i5D,11T,12T/t11-,12-,17-,18+,19+,20-,21+,31?,32-. The van der Waals surface area contributed by atoms with Crippen LogP contribution in [0.2, 0.25) is 0 Å². The van der Waals surface area contributed by atoms with Gasteiger partial charge in [-0.1, -0.05) is 0 Å². The molecule has 0 aromatic carbocycles. The molecule has 9 atom stereocenters. The molecule has 0 bridgehead atoms. The van der Waals surface area contributed by atoms with Gasteiger partial charge in [0.2, 0.25) is 6.54 Å². The molecule has 3 aliphatic rings. The van der Waals surface area contributed by atoms with Crippen LogP contribution in [-0.2, 0) is 32.1 Å². The van der Waals surface area contributed by atoms with Crippen LogP contribution in [0.4, 0.5) is 0 Å². The number of ether oxygens (including phenoxy) is 2. The molecule has 3 rings (SSSR count). The molecule has 0 saturated carbocycles. The lowest BCUT2D eigenvalue weighted by Crippen LogP contribution is -2.39. The van der Waals surface area contributed by atoms with E-state index in [0.717, 1.165) is 11.4 Å². The lowest BCUT2D eigenvalue weighted by molar-refractivity contribution is 0.0347. The zero-order chi connectivity index (χ0) is 26.5. The second-order valence-electron chi connectivity index (χ2n) is 8.60. The van der Waals surface area contributed by atoms with E-state index in [-0.39, 0.29) is 50.4 Å². The molecule has 0 N–H and O–H groups in total. The van der Waals surface area contributed by atoms with Gasteiger partial charge in [-0.25, -0.2) is 15.8 Å². The first-order chi connectivity index (χ1) is 17.1. The molecule has 1 unspecified atom stereocenters. The van der Waals surface area contributed by atoms with Gasteiger partial charge in [0.25, 0.3) is 8.53 Å². The highest BCUT2D eigenvalue weighted by atomic mass is 32.7. The molecule has 0 aliphatic carbocycles. The van der Waals surface area contributed by atoms with Gasteiger partial charge < -0.3 is 27.9 Å². The first kappa shape index (κ1) is 23.6. The van der Waals surface area contributed by atoms with E-state index in [2.05, 4.69) is 37.2 Å². The molecule has 190 valence electrons. The van der Waals surface area contributed by atoms with Gasteiger partial charge in [-0.05, 0) is 52.4 Å². The molecular weight excluding hydrogens is 486 g/mol. The number of rotatable bonds is 11. The van der Waals surface area contributed by atoms with Crippen molar-refractivity contribution in [2.24, 2.45) is 0 Å². The van der Waals surface area contributed by atoms with Crippen molar-refractivity contribution in [1.29, 1.82) is 0 Å². The van der Waals surface area contributed by atoms with Crippen LogP contribution < -0.4 is 0 Å². The lowest BCUT2D eigenvalue weighted by atomic mass is 10.1. The fourth-order valence-corrected chi connectivity index (χ4v) is 10.2. The molecule has 0 amide bonds. The predicted molar refractivity (Wildman–Crippen MR) is 130 cm³/mol. The summed E-state index contributed by atoms with van der Waals surface area (Å²) in [5, 5.41) is -0.292. The van der Waals surface area contributed by atoms with Crippen molar-refractivity contribution in [2.45, 2.75) is 95.6 Å². The molecule has 0 spiro atoms. The van der Waals surface area contributed by atoms with E-state index in [1.807, 2.05) is 0 Å². The summed E-state index contributed by atoms with van der Waals surface area (Å²) in [6.07, 6.45) is -1.09. The maximum absolute atomic E-state index is 13.5. The minimum absolute atomic E-state index is 0.0877. The van der Waals surface area contributed by atoms with Gasteiger partial charge in [0.05, 0.1) is 33.8 Å². The van der Waals surface area contributed by atoms with Crippen molar-refractivity contribution < 1.29 is 36.2 Å². The van der Waals surface area contributed by atoms with Crippen LogP contribution in [0.3, 0.4) is 0 Å². The van der Waals surface area contributed by atoms with Crippen LogP contribution >= 0.6 is 26.7 Å². The third-order valence-corrected chi connectivity index (χ3v) is 11.8. The topological polar surface area (TPSA) is 80.1 Å². The van der Waals surface area contributed by atoms with E-state index in [1.165, 1.54) is 0 Å². The number of hydrogen-bond acceptors (Lipinski definition) is 9. The summed E-state index contributed by atoms with van der Waals surface area (Å²) >= 11 is 1.06.